The molecule has 0 bridgehead atoms. The van der Waals surface area contributed by atoms with Gasteiger partial charge in [0.25, 0.3) is 0 Å². The summed E-state index contributed by atoms with van der Waals surface area (Å²) in [6.07, 6.45) is 1.59. The zero-order valence-electron chi connectivity index (χ0n) is 23.1. The molecule has 2 aromatic carbocycles. The first kappa shape index (κ1) is 29.7. The third-order valence-electron chi connectivity index (χ3n) is 5.87. The zero-order chi connectivity index (χ0) is 28.6. The molecule has 10 heteroatoms. The summed E-state index contributed by atoms with van der Waals surface area (Å²) in [5.41, 5.74) is 2.21. The Balaban J connectivity index is 1.75. The van der Waals surface area contributed by atoms with Crippen molar-refractivity contribution in [1.82, 2.24) is 14.7 Å². The minimum absolute atomic E-state index is 0.149. The third-order valence-corrected chi connectivity index (χ3v) is 6.12. The van der Waals surface area contributed by atoms with Gasteiger partial charge in [0.1, 0.15) is 12.4 Å². The van der Waals surface area contributed by atoms with Crippen LogP contribution in [-0.4, -0.2) is 52.3 Å². The van der Waals surface area contributed by atoms with Gasteiger partial charge in [-0.2, -0.15) is 5.10 Å². The number of halogens is 1. The summed E-state index contributed by atoms with van der Waals surface area (Å²) in [5, 5.41) is 11.1. The molecule has 0 radical (unpaired) electrons. The second kappa shape index (κ2) is 13.3. The standard InChI is InChI=1S/C29H36ClN5O4/c1-6-8-17-34(28(38)31-22-13-9-20(10-14-22)27(37)39-7-2)19-26(36)32-25-18-24(29(3,4)5)33-35(25)23-15-11-21(30)12-16-23/h9-16,18H,6-8,17,19H2,1-5H3,(H,31,38)(H,32,36). The topological polar surface area (TPSA) is 106 Å². The molecule has 0 aliphatic rings. The summed E-state index contributed by atoms with van der Waals surface area (Å²) in [6.45, 7) is 10.4. The molecule has 39 heavy (non-hydrogen) atoms. The molecule has 3 amide bonds. The van der Waals surface area contributed by atoms with Gasteiger partial charge in [-0.25, -0.2) is 14.3 Å². The lowest BCUT2D eigenvalue weighted by molar-refractivity contribution is -0.116. The minimum atomic E-state index is -0.427. The van der Waals surface area contributed by atoms with Crippen LogP contribution in [0.15, 0.2) is 54.6 Å². The van der Waals surface area contributed by atoms with Gasteiger partial charge >= 0.3 is 12.0 Å². The number of anilines is 2. The minimum Gasteiger partial charge on any atom is -0.462 e. The van der Waals surface area contributed by atoms with Crippen molar-refractivity contribution < 1.29 is 19.1 Å². The second-order valence-corrected chi connectivity index (χ2v) is 10.5. The largest absolute Gasteiger partial charge is 0.462 e. The quantitative estimate of drug-likeness (QED) is 0.288. The van der Waals surface area contributed by atoms with E-state index in [0.717, 1.165) is 24.2 Å². The lowest BCUT2D eigenvalue weighted by Crippen LogP contribution is -2.41. The molecule has 0 saturated heterocycles. The molecule has 208 valence electrons. The Morgan fingerprint density at radius 2 is 1.67 bits per heavy atom. The number of nitrogens with one attached hydrogen (secondary N) is 2. The van der Waals surface area contributed by atoms with Crippen molar-refractivity contribution >= 4 is 41.0 Å². The molecule has 0 unspecified atom stereocenters. The number of carbonyl (C=O) groups is 3. The van der Waals surface area contributed by atoms with Gasteiger partial charge in [0.05, 0.1) is 23.6 Å². The molecule has 0 aliphatic heterocycles. The third kappa shape index (κ3) is 8.32. The predicted octanol–water partition coefficient (Wildman–Crippen LogP) is 6.27. The highest BCUT2D eigenvalue weighted by Crippen LogP contribution is 2.27. The van der Waals surface area contributed by atoms with Crippen LogP contribution in [0.4, 0.5) is 16.3 Å². The highest BCUT2D eigenvalue weighted by molar-refractivity contribution is 6.30. The van der Waals surface area contributed by atoms with Crippen LogP contribution in [-0.2, 0) is 14.9 Å². The molecule has 0 saturated carbocycles. The Hall–Kier alpha value is -3.85. The molecule has 0 fully saturated rings. The molecule has 0 aliphatic carbocycles. The lowest BCUT2D eigenvalue weighted by atomic mass is 9.92. The Morgan fingerprint density at radius 1 is 1.00 bits per heavy atom. The number of urea groups is 1. The molecule has 3 rings (SSSR count). The molecule has 1 heterocycles. The fourth-order valence-corrected chi connectivity index (χ4v) is 3.81. The number of unbranched alkanes of at least 4 members (excludes halogenated alkanes) is 1. The average molecular weight is 554 g/mol. The van der Waals surface area contributed by atoms with E-state index in [1.807, 2.05) is 45.9 Å². The van der Waals surface area contributed by atoms with Gasteiger partial charge in [0.2, 0.25) is 5.91 Å². The number of ether oxygens (including phenoxy) is 1. The number of hydrogen-bond acceptors (Lipinski definition) is 5. The first-order valence-corrected chi connectivity index (χ1v) is 13.4. The fraction of sp³-hybridized carbons (Fsp3) is 0.379. The molecule has 3 aromatic rings. The van der Waals surface area contributed by atoms with Crippen molar-refractivity contribution in [3.63, 3.8) is 0 Å². The highest BCUT2D eigenvalue weighted by atomic mass is 35.5. The first-order chi connectivity index (χ1) is 18.5. The van der Waals surface area contributed by atoms with Crippen LogP contribution in [0.2, 0.25) is 5.02 Å². The van der Waals surface area contributed by atoms with Gasteiger partial charge in [-0.15, -0.1) is 0 Å². The van der Waals surface area contributed by atoms with E-state index in [-0.39, 0.29) is 24.5 Å². The Labute approximate surface area is 234 Å². The maximum Gasteiger partial charge on any atom is 0.338 e. The summed E-state index contributed by atoms with van der Waals surface area (Å²) in [7, 11) is 0. The Kier molecular flexibility index (Phi) is 10.1. The van der Waals surface area contributed by atoms with Crippen LogP contribution in [0, 0.1) is 0 Å². The van der Waals surface area contributed by atoms with Crippen LogP contribution < -0.4 is 10.6 Å². The van der Waals surface area contributed by atoms with E-state index in [1.165, 1.54) is 4.90 Å². The van der Waals surface area contributed by atoms with Crippen molar-refractivity contribution in [3.8, 4) is 5.69 Å². The molecule has 0 atom stereocenters. The van der Waals surface area contributed by atoms with Crippen molar-refractivity contribution in [2.24, 2.45) is 0 Å². The SMILES string of the molecule is CCCCN(CC(=O)Nc1cc(C(C)(C)C)nn1-c1ccc(Cl)cc1)C(=O)Nc1ccc(C(=O)OCC)cc1. The van der Waals surface area contributed by atoms with E-state index in [0.29, 0.717) is 28.6 Å². The predicted molar refractivity (Wildman–Crippen MR) is 154 cm³/mol. The Morgan fingerprint density at radius 3 is 2.26 bits per heavy atom. The molecular formula is C29H36ClN5O4. The van der Waals surface area contributed by atoms with Gasteiger partial charge in [-0.1, -0.05) is 45.7 Å². The number of nitrogens with zero attached hydrogens (tertiary/aromatic N) is 3. The number of rotatable bonds is 10. The number of amides is 3. The summed E-state index contributed by atoms with van der Waals surface area (Å²) >= 11 is 6.06. The lowest BCUT2D eigenvalue weighted by Gasteiger charge is -2.22. The summed E-state index contributed by atoms with van der Waals surface area (Å²) < 4.78 is 6.66. The van der Waals surface area contributed by atoms with Gasteiger partial charge in [-0.05, 0) is 61.9 Å². The van der Waals surface area contributed by atoms with Crippen LogP contribution >= 0.6 is 11.6 Å². The van der Waals surface area contributed by atoms with Crippen molar-refractivity contribution in [1.29, 1.82) is 0 Å². The van der Waals surface area contributed by atoms with E-state index < -0.39 is 12.0 Å². The number of esters is 1. The fourth-order valence-electron chi connectivity index (χ4n) is 3.68. The number of benzene rings is 2. The highest BCUT2D eigenvalue weighted by Gasteiger charge is 2.23. The van der Waals surface area contributed by atoms with E-state index in [4.69, 9.17) is 21.4 Å². The van der Waals surface area contributed by atoms with Gasteiger partial charge < -0.3 is 20.3 Å². The summed E-state index contributed by atoms with van der Waals surface area (Å²) in [4.78, 5) is 39.6. The number of hydrogen-bond donors (Lipinski definition) is 2. The van der Waals surface area contributed by atoms with Crippen LogP contribution in [0.25, 0.3) is 5.69 Å². The molecule has 0 spiro atoms. The van der Waals surface area contributed by atoms with Gasteiger partial charge in [0.15, 0.2) is 0 Å². The molecule has 2 N–H and O–H groups in total. The van der Waals surface area contributed by atoms with E-state index in [9.17, 15) is 14.4 Å². The molecule has 9 nitrogen and oxygen atoms in total. The molecular weight excluding hydrogens is 518 g/mol. The summed E-state index contributed by atoms with van der Waals surface area (Å²) in [5.74, 6) is -0.281. The monoisotopic (exact) mass is 553 g/mol. The van der Waals surface area contributed by atoms with Gasteiger partial charge in [0, 0.05) is 28.7 Å². The van der Waals surface area contributed by atoms with Gasteiger partial charge in [-0.3, -0.25) is 4.79 Å². The van der Waals surface area contributed by atoms with E-state index in [1.54, 1.807) is 48.0 Å². The van der Waals surface area contributed by atoms with Crippen molar-refractivity contribution in [2.45, 2.75) is 52.9 Å². The maximum atomic E-state index is 13.2. The van der Waals surface area contributed by atoms with E-state index >= 15 is 0 Å². The van der Waals surface area contributed by atoms with Crippen molar-refractivity contribution in [2.75, 3.05) is 30.3 Å². The number of carbonyl (C=O) groups excluding carboxylic acids is 3. The number of aromatic nitrogens is 2. The van der Waals surface area contributed by atoms with Crippen LogP contribution in [0.5, 0.6) is 0 Å². The maximum absolute atomic E-state index is 13.2. The molecule has 1 aromatic heterocycles. The first-order valence-electron chi connectivity index (χ1n) is 13.0. The summed E-state index contributed by atoms with van der Waals surface area (Å²) in [6, 6.07) is 15.0. The Bertz CT molecular complexity index is 1280. The smallest absolute Gasteiger partial charge is 0.338 e. The van der Waals surface area contributed by atoms with Crippen molar-refractivity contribution in [3.05, 3.63) is 70.9 Å². The zero-order valence-corrected chi connectivity index (χ0v) is 23.8. The normalized spacial score (nSPS) is 11.1. The van der Waals surface area contributed by atoms with E-state index in [2.05, 4.69) is 10.6 Å². The van der Waals surface area contributed by atoms with Crippen LogP contribution in [0.1, 0.15) is 63.5 Å². The average Bonchev–Trinajstić information content (AvgIpc) is 3.31. The second-order valence-electron chi connectivity index (χ2n) is 10.1. The van der Waals surface area contributed by atoms with Crippen LogP contribution in [0.3, 0.4) is 0 Å².